The minimum atomic E-state index is -0.148. The summed E-state index contributed by atoms with van der Waals surface area (Å²) in [5.41, 5.74) is 2.14. The molecule has 27 heavy (non-hydrogen) atoms. The fourth-order valence-corrected chi connectivity index (χ4v) is 3.27. The fourth-order valence-electron chi connectivity index (χ4n) is 3.27. The molecule has 7 heteroatoms. The molecule has 0 spiro atoms. The van der Waals surface area contributed by atoms with Gasteiger partial charge in [-0.3, -0.25) is 9.58 Å². The molecule has 3 rings (SSSR count). The first-order valence-electron chi connectivity index (χ1n) is 9.43. The lowest BCUT2D eigenvalue weighted by atomic mass is 10.0. The third kappa shape index (κ3) is 5.55. The van der Waals surface area contributed by atoms with Crippen LogP contribution in [0.25, 0.3) is 0 Å². The molecule has 0 aliphatic carbocycles. The van der Waals surface area contributed by atoms with Crippen LogP contribution in [-0.2, 0) is 17.8 Å². The number of carbonyl (C=O) groups is 1. The quantitative estimate of drug-likeness (QED) is 0.779. The van der Waals surface area contributed by atoms with Gasteiger partial charge in [-0.15, -0.1) is 0 Å². The normalized spacial score (nSPS) is 15.5. The molecule has 1 aromatic carbocycles. The molecule has 0 unspecified atom stereocenters. The van der Waals surface area contributed by atoms with Gasteiger partial charge in [-0.05, 0) is 31.0 Å². The Kier molecular flexibility index (Phi) is 6.47. The summed E-state index contributed by atoms with van der Waals surface area (Å²) in [5, 5.41) is 10.2. The fraction of sp³-hybridized carbons (Fsp3) is 0.500. The van der Waals surface area contributed by atoms with Crippen molar-refractivity contribution in [1.82, 2.24) is 25.3 Å². The summed E-state index contributed by atoms with van der Waals surface area (Å²) in [6.07, 6.45) is 3.70. The predicted molar refractivity (Wildman–Crippen MR) is 104 cm³/mol. The molecule has 2 amide bonds. The van der Waals surface area contributed by atoms with Gasteiger partial charge in [-0.25, -0.2) is 4.79 Å². The second-order valence-electron chi connectivity index (χ2n) is 7.42. The maximum atomic E-state index is 12.3. The summed E-state index contributed by atoms with van der Waals surface area (Å²) in [5.74, 6) is 0. The van der Waals surface area contributed by atoms with Crippen molar-refractivity contribution in [3.8, 4) is 0 Å². The van der Waals surface area contributed by atoms with Crippen LogP contribution >= 0.6 is 0 Å². The summed E-state index contributed by atoms with van der Waals surface area (Å²) in [6.45, 7) is 9.38. The highest BCUT2D eigenvalue weighted by molar-refractivity contribution is 5.74. The highest BCUT2D eigenvalue weighted by Gasteiger charge is 2.28. The standard InChI is InChI=1S/C20H29N5O2/c1-20(2,24-10-12-27-13-11-24)16-22-19(26)21-14-17-6-3-4-7-18(17)15-25-9-5-8-23-25/h3-9H,10-16H2,1-2H3,(H2,21,22,26). The maximum Gasteiger partial charge on any atom is 0.315 e. The zero-order valence-electron chi connectivity index (χ0n) is 16.1. The van der Waals surface area contributed by atoms with E-state index in [9.17, 15) is 4.79 Å². The van der Waals surface area contributed by atoms with Crippen LogP contribution in [0.4, 0.5) is 4.79 Å². The molecule has 1 aliphatic heterocycles. The third-order valence-electron chi connectivity index (χ3n) is 5.00. The Labute approximate surface area is 160 Å². The number of benzene rings is 1. The summed E-state index contributed by atoms with van der Waals surface area (Å²) in [7, 11) is 0. The second-order valence-corrected chi connectivity index (χ2v) is 7.42. The van der Waals surface area contributed by atoms with Crippen LogP contribution in [0.2, 0.25) is 0 Å². The van der Waals surface area contributed by atoms with Crippen molar-refractivity contribution >= 4 is 6.03 Å². The Morgan fingerprint density at radius 2 is 1.89 bits per heavy atom. The molecule has 1 aromatic heterocycles. The van der Waals surface area contributed by atoms with Crippen molar-refractivity contribution in [2.75, 3.05) is 32.8 Å². The lowest BCUT2D eigenvalue weighted by Gasteiger charge is -2.40. The molecule has 0 atom stereocenters. The van der Waals surface area contributed by atoms with Crippen molar-refractivity contribution in [1.29, 1.82) is 0 Å². The van der Waals surface area contributed by atoms with Crippen LogP contribution in [0, 0.1) is 0 Å². The SMILES string of the molecule is CC(C)(CNC(=O)NCc1ccccc1Cn1cccn1)N1CCOCC1. The molecule has 146 valence electrons. The van der Waals surface area contributed by atoms with Gasteiger partial charge in [0.2, 0.25) is 0 Å². The van der Waals surface area contributed by atoms with Gasteiger partial charge >= 0.3 is 6.03 Å². The number of rotatable bonds is 7. The number of morpholine rings is 1. The maximum absolute atomic E-state index is 12.3. The predicted octanol–water partition coefficient (Wildman–Crippen LogP) is 1.84. The molecule has 2 N–H and O–H groups in total. The zero-order chi connectivity index (χ0) is 19.1. The Bertz CT molecular complexity index is 724. The van der Waals surface area contributed by atoms with Crippen molar-refractivity contribution in [2.45, 2.75) is 32.5 Å². The molecular formula is C20H29N5O2. The summed E-state index contributed by atoms with van der Waals surface area (Å²) in [4.78, 5) is 14.6. The first kappa shape index (κ1) is 19.4. The summed E-state index contributed by atoms with van der Waals surface area (Å²) >= 11 is 0. The van der Waals surface area contributed by atoms with Crippen molar-refractivity contribution < 1.29 is 9.53 Å². The van der Waals surface area contributed by atoms with Crippen LogP contribution in [0.1, 0.15) is 25.0 Å². The molecule has 2 aromatic rings. The highest BCUT2D eigenvalue weighted by Crippen LogP contribution is 2.15. The molecule has 2 heterocycles. The number of urea groups is 1. The minimum Gasteiger partial charge on any atom is -0.379 e. The number of nitrogens with one attached hydrogen (secondary N) is 2. The van der Waals surface area contributed by atoms with Gasteiger partial charge in [-0.1, -0.05) is 24.3 Å². The van der Waals surface area contributed by atoms with Crippen LogP contribution in [0.15, 0.2) is 42.7 Å². The van der Waals surface area contributed by atoms with Gasteiger partial charge in [0.05, 0.1) is 19.8 Å². The lowest BCUT2D eigenvalue weighted by Crippen LogP contribution is -2.56. The first-order valence-corrected chi connectivity index (χ1v) is 9.43. The van der Waals surface area contributed by atoms with Crippen molar-refractivity contribution in [2.24, 2.45) is 0 Å². The topological polar surface area (TPSA) is 71.4 Å². The van der Waals surface area contributed by atoms with E-state index in [1.54, 1.807) is 6.20 Å². The summed E-state index contributed by atoms with van der Waals surface area (Å²) < 4.78 is 7.29. The van der Waals surface area contributed by atoms with E-state index in [2.05, 4.69) is 40.5 Å². The van der Waals surface area contributed by atoms with Gasteiger partial charge in [-0.2, -0.15) is 5.10 Å². The average Bonchev–Trinajstić information content (AvgIpc) is 3.19. The molecule has 0 saturated carbocycles. The molecule has 1 aliphatic rings. The zero-order valence-corrected chi connectivity index (χ0v) is 16.1. The highest BCUT2D eigenvalue weighted by atomic mass is 16.5. The van der Waals surface area contributed by atoms with Gasteiger partial charge in [0.15, 0.2) is 0 Å². The van der Waals surface area contributed by atoms with Gasteiger partial charge in [0.25, 0.3) is 0 Å². The van der Waals surface area contributed by atoms with E-state index in [-0.39, 0.29) is 11.6 Å². The third-order valence-corrected chi connectivity index (χ3v) is 5.00. The van der Waals surface area contributed by atoms with E-state index >= 15 is 0 Å². The molecule has 0 bridgehead atoms. The smallest absolute Gasteiger partial charge is 0.315 e. The van der Waals surface area contributed by atoms with E-state index in [0.717, 1.165) is 37.4 Å². The number of nitrogens with zero attached hydrogens (tertiary/aromatic N) is 3. The number of amides is 2. The van der Waals surface area contributed by atoms with Gasteiger partial charge in [0.1, 0.15) is 0 Å². The minimum absolute atomic E-state index is 0.0981. The Hall–Kier alpha value is -2.38. The number of hydrogen-bond donors (Lipinski definition) is 2. The Morgan fingerprint density at radius 3 is 2.59 bits per heavy atom. The monoisotopic (exact) mass is 371 g/mol. The largest absolute Gasteiger partial charge is 0.379 e. The van der Waals surface area contributed by atoms with E-state index in [4.69, 9.17) is 4.74 Å². The number of ether oxygens (including phenoxy) is 1. The number of aromatic nitrogens is 2. The lowest BCUT2D eigenvalue weighted by molar-refractivity contribution is -0.00874. The van der Waals surface area contributed by atoms with E-state index in [1.165, 1.54) is 0 Å². The average molecular weight is 371 g/mol. The Balaban J connectivity index is 1.49. The Morgan fingerprint density at radius 1 is 1.15 bits per heavy atom. The molecule has 1 fully saturated rings. The molecule has 7 nitrogen and oxygen atoms in total. The van der Waals surface area contributed by atoms with Gasteiger partial charge < -0.3 is 15.4 Å². The van der Waals surface area contributed by atoms with Crippen molar-refractivity contribution in [3.05, 3.63) is 53.9 Å². The van der Waals surface area contributed by atoms with Crippen LogP contribution in [0.3, 0.4) is 0 Å². The number of hydrogen-bond acceptors (Lipinski definition) is 4. The van der Waals surface area contributed by atoms with E-state index in [1.807, 2.05) is 35.1 Å². The number of carbonyl (C=O) groups excluding carboxylic acids is 1. The molecule has 0 radical (unpaired) electrons. The first-order chi connectivity index (χ1) is 13.0. The van der Waals surface area contributed by atoms with E-state index in [0.29, 0.717) is 19.6 Å². The summed E-state index contributed by atoms with van der Waals surface area (Å²) in [6, 6.07) is 9.86. The molecular weight excluding hydrogens is 342 g/mol. The van der Waals surface area contributed by atoms with Crippen LogP contribution in [0.5, 0.6) is 0 Å². The second kappa shape index (κ2) is 9.01. The molecule has 1 saturated heterocycles. The van der Waals surface area contributed by atoms with Crippen molar-refractivity contribution in [3.63, 3.8) is 0 Å². The van der Waals surface area contributed by atoms with Crippen LogP contribution in [-0.4, -0.2) is 59.1 Å². The van der Waals surface area contributed by atoms with Gasteiger partial charge in [0, 0.05) is 44.1 Å². The van der Waals surface area contributed by atoms with E-state index < -0.39 is 0 Å². The van der Waals surface area contributed by atoms with Crippen LogP contribution < -0.4 is 10.6 Å².